The van der Waals surface area contributed by atoms with Gasteiger partial charge in [-0.1, -0.05) is 6.07 Å². The van der Waals surface area contributed by atoms with Crippen LogP contribution in [0.1, 0.15) is 32.3 Å². The number of piperidine rings is 1. The summed E-state index contributed by atoms with van der Waals surface area (Å²) in [6.45, 7) is 7.47. The predicted molar refractivity (Wildman–Crippen MR) is 162 cm³/mol. The molecule has 2 heterocycles. The molecule has 230 valence electrons. The number of likely N-dealkylation sites (N-methyl/N-ethyl adjacent to an activating group) is 1. The summed E-state index contributed by atoms with van der Waals surface area (Å²) in [6.07, 6.45) is 2.42. The van der Waals surface area contributed by atoms with Crippen LogP contribution in [-0.4, -0.2) is 83.8 Å². The highest BCUT2D eigenvalue weighted by Crippen LogP contribution is 2.35. The number of likely N-dealkylation sites (tertiary alicyclic amines) is 1. The molecule has 4 rings (SSSR count). The van der Waals surface area contributed by atoms with Crippen molar-refractivity contribution in [1.82, 2.24) is 19.8 Å². The third kappa shape index (κ3) is 8.10. The van der Waals surface area contributed by atoms with Crippen LogP contribution in [0.3, 0.4) is 0 Å². The SMILES string of the molecule is CCN(CC)C(=O)Cc1ccc(N(C(=O)O)c2ccnc(Nc3ccc(OCC4CCCN(C)C4)c(F)c3)n2)c(OC)c1. The second-order valence-corrected chi connectivity index (χ2v) is 10.5. The van der Waals surface area contributed by atoms with Gasteiger partial charge in [0.15, 0.2) is 11.6 Å². The summed E-state index contributed by atoms with van der Waals surface area (Å²) in [5.74, 6) is 0.346. The molecule has 43 heavy (non-hydrogen) atoms. The Bertz CT molecular complexity index is 1420. The first-order valence-corrected chi connectivity index (χ1v) is 14.4. The van der Waals surface area contributed by atoms with E-state index in [-0.39, 0.29) is 41.3 Å². The Kier molecular flexibility index (Phi) is 10.7. The summed E-state index contributed by atoms with van der Waals surface area (Å²) in [7, 11) is 3.50. The maximum Gasteiger partial charge on any atom is 0.417 e. The van der Waals surface area contributed by atoms with Gasteiger partial charge in [-0.2, -0.15) is 4.98 Å². The summed E-state index contributed by atoms with van der Waals surface area (Å²) in [4.78, 5) is 38.5. The monoisotopic (exact) mass is 594 g/mol. The van der Waals surface area contributed by atoms with Crippen LogP contribution in [-0.2, 0) is 11.2 Å². The topological polar surface area (TPSA) is 120 Å². The van der Waals surface area contributed by atoms with Crippen LogP contribution >= 0.6 is 0 Å². The van der Waals surface area contributed by atoms with E-state index in [2.05, 4.69) is 27.2 Å². The molecule has 3 aromatic rings. The van der Waals surface area contributed by atoms with Crippen LogP contribution in [0.2, 0.25) is 0 Å². The van der Waals surface area contributed by atoms with Crippen LogP contribution in [0.4, 0.5) is 32.3 Å². The molecule has 0 saturated carbocycles. The molecule has 0 spiro atoms. The molecule has 2 N–H and O–H groups in total. The summed E-state index contributed by atoms with van der Waals surface area (Å²) in [6, 6.07) is 10.8. The largest absolute Gasteiger partial charge is 0.495 e. The van der Waals surface area contributed by atoms with Gasteiger partial charge < -0.3 is 29.7 Å². The molecule has 11 nitrogen and oxygen atoms in total. The van der Waals surface area contributed by atoms with E-state index >= 15 is 0 Å². The molecular formula is C31H39FN6O5. The molecule has 0 bridgehead atoms. The van der Waals surface area contributed by atoms with Crippen molar-refractivity contribution in [3.8, 4) is 11.5 Å². The quantitative estimate of drug-likeness (QED) is 0.287. The minimum atomic E-state index is -1.30. The fourth-order valence-electron chi connectivity index (χ4n) is 5.18. The molecule has 1 unspecified atom stereocenters. The Labute approximate surface area is 251 Å². The Morgan fingerprint density at radius 3 is 2.60 bits per heavy atom. The summed E-state index contributed by atoms with van der Waals surface area (Å²) < 4.78 is 26.1. The molecular weight excluding hydrogens is 555 g/mol. The number of ether oxygens (including phenoxy) is 2. The van der Waals surface area contributed by atoms with Crippen molar-refractivity contribution in [2.75, 3.05) is 57.2 Å². The number of nitrogens with zero attached hydrogens (tertiary/aromatic N) is 5. The van der Waals surface area contributed by atoms with Gasteiger partial charge in [-0.25, -0.2) is 19.1 Å². The van der Waals surface area contributed by atoms with Gasteiger partial charge in [-0.05, 0) is 70.1 Å². The van der Waals surface area contributed by atoms with Gasteiger partial charge in [0, 0.05) is 49.6 Å². The standard InChI is InChI=1S/C31H39FN6O5/c1-5-37(6-2)29(39)17-21-9-11-25(27(16-21)42-4)38(31(40)41)28-13-14-33-30(35-28)34-23-10-12-26(24(32)18-23)43-20-22-8-7-15-36(3)19-22/h9-14,16,18,22H,5-8,15,17,19-20H2,1-4H3,(H,40,41)(H,33,34,35). The number of carbonyl (C=O) groups excluding carboxylic acids is 1. The molecule has 0 aliphatic carbocycles. The number of amides is 2. The van der Waals surface area contributed by atoms with Gasteiger partial charge in [-0.15, -0.1) is 0 Å². The van der Waals surface area contributed by atoms with Gasteiger partial charge >= 0.3 is 6.09 Å². The van der Waals surface area contributed by atoms with E-state index in [0.29, 0.717) is 36.9 Å². The Hall–Kier alpha value is -4.45. The summed E-state index contributed by atoms with van der Waals surface area (Å²) >= 11 is 0. The highest BCUT2D eigenvalue weighted by atomic mass is 19.1. The number of hydrogen-bond donors (Lipinski definition) is 2. The van der Waals surface area contributed by atoms with Crippen LogP contribution in [0.15, 0.2) is 48.7 Å². The zero-order chi connectivity index (χ0) is 30.9. The number of benzene rings is 2. The number of halogens is 1. The smallest absolute Gasteiger partial charge is 0.417 e. The Balaban J connectivity index is 1.49. The van der Waals surface area contributed by atoms with Crippen molar-refractivity contribution in [3.63, 3.8) is 0 Å². The van der Waals surface area contributed by atoms with Crippen molar-refractivity contribution in [2.45, 2.75) is 33.1 Å². The Morgan fingerprint density at radius 2 is 1.93 bits per heavy atom. The van der Waals surface area contributed by atoms with Gasteiger partial charge in [0.05, 0.1) is 25.8 Å². The van der Waals surface area contributed by atoms with Gasteiger partial charge in [0.1, 0.15) is 11.6 Å². The van der Waals surface area contributed by atoms with Crippen molar-refractivity contribution >= 4 is 35.1 Å². The lowest BCUT2D eigenvalue weighted by Crippen LogP contribution is -2.34. The van der Waals surface area contributed by atoms with Crippen LogP contribution in [0.5, 0.6) is 11.5 Å². The minimum absolute atomic E-state index is 0.0329. The Morgan fingerprint density at radius 1 is 1.14 bits per heavy atom. The number of anilines is 4. The molecule has 12 heteroatoms. The van der Waals surface area contributed by atoms with Gasteiger partial charge in [-0.3, -0.25) is 4.79 Å². The molecule has 1 atom stereocenters. The van der Waals surface area contributed by atoms with E-state index in [0.717, 1.165) is 30.8 Å². The molecule has 1 fully saturated rings. The van der Waals surface area contributed by atoms with E-state index in [1.807, 2.05) is 13.8 Å². The number of nitrogens with one attached hydrogen (secondary N) is 1. The normalized spacial score (nSPS) is 15.0. The number of rotatable bonds is 12. The van der Waals surface area contributed by atoms with E-state index < -0.39 is 11.9 Å². The van der Waals surface area contributed by atoms with E-state index in [9.17, 15) is 19.1 Å². The van der Waals surface area contributed by atoms with Crippen LogP contribution in [0.25, 0.3) is 0 Å². The lowest BCUT2D eigenvalue weighted by Gasteiger charge is -2.29. The van der Waals surface area contributed by atoms with Crippen molar-refractivity contribution in [2.24, 2.45) is 5.92 Å². The lowest BCUT2D eigenvalue weighted by atomic mass is 10.00. The van der Waals surface area contributed by atoms with E-state index in [4.69, 9.17) is 9.47 Å². The molecule has 1 aliphatic rings. The number of hydrogen-bond acceptors (Lipinski definition) is 8. The minimum Gasteiger partial charge on any atom is -0.495 e. The molecule has 2 amide bonds. The van der Waals surface area contributed by atoms with Crippen molar-refractivity contribution in [1.29, 1.82) is 0 Å². The molecule has 1 saturated heterocycles. The average molecular weight is 595 g/mol. The highest BCUT2D eigenvalue weighted by Gasteiger charge is 2.24. The van der Waals surface area contributed by atoms with Crippen molar-refractivity contribution in [3.05, 3.63) is 60.0 Å². The van der Waals surface area contributed by atoms with E-state index in [1.54, 1.807) is 35.2 Å². The molecule has 1 aliphatic heterocycles. The van der Waals surface area contributed by atoms with Crippen molar-refractivity contribution < 1.29 is 28.6 Å². The fraction of sp³-hybridized carbons (Fsp3) is 0.419. The molecule has 1 aromatic heterocycles. The van der Waals surface area contributed by atoms with E-state index in [1.165, 1.54) is 25.4 Å². The second-order valence-electron chi connectivity index (χ2n) is 10.5. The number of carbonyl (C=O) groups is 2. The van der Waals surface area contributed by atoms with Gasteiger partial charge in [0.2, 0.25) is 11.9 Å². The number of carboxylic acid groups (broad SMARTS) is 1. The first-order chi connectivity index (χ1) is 20.7. The zero-order valence-electron chi connectivity index (χ0n) is 25.0. The number of methoxy groups -OCH3 is 1. The van der Waals surface area contributed by atoms with Crippen LogP contribution < -0.4 is 19.7 Å². The maximum absolute atomic E-state index is 14.9. The summed E-state index contributed by atoms with van der Waals surface area (Å²) in [5, 5.41) is 13.1. The fourth-order valence-corrected chi connectivity index (χ4v) is 5.18. The third-order valence-corrected chi connectivity index (χ3v) is 7.40. The van der Waals surface area contributed by atoms with Gasteiger partial charge in [0.25, 0.3) is 0 Å². The third-order valence-electron chi connectivity index (χ3n) is 7.40. The zero-order valence-corrected chi connectivity index (χ0v) is 25.0. The number of aromatic nitrogens is 2. The predicted octanol–water partition coefficient (Wildman–Crippen LogP) is 5.32. The maximum atomic E-state index is 14.9. The molecule has 0 radical (unpaired) electrons. The lowest BCUT2D eigenvalue weighted by molar-refractivity contribution is -0.130. The first-order valence-electron chi connectivity index (χ1n) is 14.4. The average Bonchev–Trinajstić information content (AvgIpc) is 2.98. The summed E-state index contributed by atoms with van der Waals surface area (Å²) in [5.41, 5.74) is 1.28. The first kappa shape index (κ1) is 31.5. The highest BCUT2D eigenvalue weighted by molar-refractivity contribution is 5.95. The second kappa shape index (κ2) is 14.6. The van der Waals surface area contributed by atoms with Crippen LogP contribution in [0, 0.1) is 11.7 Å². The molecule has 2 aromatic carbocycles.